The van der Waals surface area contributed by atoms with Crippen LogP contribution in [0.1, 0.15) is 34.8 Å². The number of halogens is 1. The topological polar surface area (TPSA) is 42.4 Å². The van der Waals surface area contributed by atoms with E-state index in [9.17, 15) is 9.18 Å². The lowest BCUT2D eigenvalue weighted by Gasteiger charge is -2.32. The average molecular weight is 390 g/mol. The van der Waals surface area contributed by atoms with Crippen molar-refractivity contribution in [3.05, 3.63) is 83.8 Å². The van der Waals surface area contributed by atoms with Gasteiger partial charge in [0.05, 0.1) is 12.8 Å². The number of carbonyl (C=O) groups excluding carboxylic acids is 1. The first-order chi connectivity index (χ1) is 14.1. The second-order valence-corrected chi connectivity index (χ2v) is 7.28. The van der Waals surface area contributed by atoms with E-state index in [0.29, 0.717) is 18.7 Å². The molecule has 1 fully saturated rings. The number of rotatable bonds is 4. The van der Waals surface area contributed by atoms with Gasteiger partial charge in [-0.3, -0.25) is 9.78 Å². The Labute approximate surface area is 170 Å². The molecule has 4 rings (SSSR count). The number of aromatic nitrogens is 1. The molecule has 0 bridgehead atoms. The summed E-state index contributed by atoms with van der Waals surface area (Å²) in [6.45, 7) is 1.33. The summed E-state index contributed by atoms with van der Waals surface area (Å²) in [5.41, 5.74) is 3.40. The minimum Gasteiger partial charge on any atom is -0.497 e. The third-order valence-corrected chi connectivity index (χ3v) is 5.35. The van der Waals surface area contributed by atoms with Crippen molar-refractivity contribution >= 4 is 5.91 Å². The number of hydrogen-bond donors (Lipinski definition) is 0. The van der Waals surface area contributed by atoms with Crippen LogP contribution >= 0.6 is 0 Å². The molecule has 0 radical (unpaired) electrons. The maximum absolute atomic E-state index is 13.2. The first-order valence-corrected chi connectivity index (χ1v) is 9.80. The molecule has 5 heteroatoms. The number of pyridine rings is 1. The number of carbonyl (C=O) groups is 1. The van der Waals surface area contributed by atoms with E-state index in [1.807, 2.05) is 47.4 Å². The molecule has 1 atom stereocenters. The van der Waals surface area contributed by atoms with Gasteiger partial charge in [0.15, 0.2) is 0 Å². The first-order valence-electron chi connectivity index (χ1n) is 9.80. The van der Waals surface area contributed by atoms with E-state index >= 15 is 0 Å². The molecule has 4 nitrogen and oxygen atoms in total. The smallest absolute Gasteiger partial charge is 0.253 e. The molecular formula is C24H23FN2O2. The van der Waals surface area contributed by atoms with E-state index in [2.05, 4.69) is 0 Å². The highest BCUT2D eigenvalue weighted by atomic mass is 19.1. The van der Waals surface area contributed by atoms with Gasteiger partial charge in [0.2, 0.25) is 0 Å². The van der Waals surface area contributed by atoms with E-state index in [0.717, 1.165) is 35.5 Å². The van der Waals surface area contributed by atoms with Crippen molar-refractivity contribution in [1.29, 1.82) is 0 Å². The Hall–Kier alpha value is -3.21. The highest BCUT2D eigenvalue weighted by molar-refractivity contribution is 5.94. The van der Waals surface area contributed by atoms with Crippen LogP contribution in [0.4, 0.5) is 4.39 Å². The number of benzene rings is 2. The predicted octanol–water partition coefficient (Wildman–Crippen LogP) is 4.92. The Balaban J connectivity index is 1.54. The van der Waals surface area contributed by atoms with Gasteiger partial charge < -0.3 is 9.64 Å². The highest BCUT2D eigenvalue weighted by Gasteiger charge is 2.26. The van der Waals surface area contributed by atoms with Crippen molar-refractivity contribution in [3.8, 4) is 17.0 Å². The molecule has 29 heavy (non-hydrogen) atoms. The fourth-order valence-electron chi connectivity index (χ4n) is 3.80. The second kappa shape index (κ2) is 8.43. The molecule has 148 valence electrons. The van der Waals surface area contributed by atoms with Crippen LogP contribution in [0.15, 0.2) is 66.7 Å². The first kappa shape index (κ1) is 19.1. The lowest BCUT2D eigenvalue weighted by molar-refractivity contribution is 0.0706. The van der Waals surface area contributed by atoms with Crippen LogP contribution < -0.4 is 4.74 Å². The van der Waals surface area contributed by atoms with Gasteiger partial charge in [-0.2, -0.15) is 0 Å². The third kappa shape index (κ3) is 4.29. The summed E-state index contributed by atoms with van der Waals surface area (Å²) in [6, 6.07) is 19.6. The predicted molar refractivity (Wildman–Crippen MR) is 111 cm³/mol. The fourth-order valence-corrected chi connectivity index (χ4v) is 3.80. The largest absolute Gasteiger partial charge is 0.497 e. The van der Waals surface area contributed by atoms with Crippen molar-refractivity contribution in [2.45, 2.75) is 18.8 Å². The van der Waals surface area contributed by atoms with Crippen LogP contribution in [0, 0.1) is 5.82 Å². The summed E-state index contributed by atoms with van der Waals surface area (Å²) in [5, 5.41) is 0. The average Bonchev–Trinajstić information content (AvgIpc) is 2.79. The molecule has 0 N–H and O–H groups in total. The number of methoxy groups -OCH3 is 1. The van der Waals surface area contributed by atoms with Gasteiger partial charge in [0, 0.05) is 35.8 Å². The Kier molecular flexibility index (Phi) is 5.56. The minimum absolute atomic E-state index is 0.0568. The number of amides is 1. The molecule has 2 heterocycles. The summed E-state index contributed by atoms with van der Waals surface area (Å²) in [6.07, 6.45) is 1.91. The van der Waals surface area contributed by atoms with Crippen molar-refractivity contribution in [1.82, 2.24) is 9.88 Å². The van der Waals surface area contributed by atoms with Gasteiger partial charge >= 0.3 is 0 Å². The quantitative estimate of drug-likeness (QED) is 0.635. The Bertz CT molecular complexity index is 1000. The van der Waals surface area contributed by atoms with Crippen LogP contribution in [-0.2, 0) is 0 Å². The molecule has 1 unspecified atom stereocenters. The zero-order valence-electron chi connectivity index (χ0n) is 16.3. The van der Waals surface area contributed by atoms with Crippen LogP contribution in [0.25, 0.3) is 11.3 Å². The lowest BCUT2D eigenvalue weighted by Crippen LogP contribution is -2.39. The molecule has 1 amide bonds. The lowest BCUT2D eigenvalue weighted by atomic mass is 9.93. The second-order valence-electron chi connectivity index (χ2n) is 7.28. The summed E-state index contributed by atoms with van der Waals surface area (Å²) in [5.74, 6) is 0.581. The van der Waals surface area contributed by atoms with Crippen molar-refractivity contribution < 1.29 is 13.9 Å². The number of ether oxygens (including phenoxy) is 1. The summed E-state index contributed by atoms with van der Waals surface area (Å²) in [4.78, 5) is 19.5. The molecule has 1 saturated heterocycles. The maximum atomic E-state index is 13.2. The van der Waals surface area contributed by atoms with Crippen LogP contribution in [-0.4, -0.2) is 36.0 Å². The van der Waals surface area contributed by atoms with Gasteiger partial charge in [-0.15, -0.1) is 0 Å². The van der Waals surface area contributed by atoms with Gasteiger partial charge in [-0.25, -0.2) is 4.39 Å². The highest BCUT2D eigenvalue weighted by Crippen LogP contribution is 2.29. The zero-order valence-corrected chi connectivity index (χ0v) is 16.3. The molecule has 0 aliphatic carbocycles. The third-order valence-electron chi connectivity index (χ3n) is 5.35. The fraction of sp³-hybridized carbons (Fsp3) is 0.250. The van der Waals surface area contributed by atoms with Crippen LogP contribution in [0.3, 0.4) is 0 Å². The number of piperidine rings is 1. The van der Waals surface area contributed by atoms with Gasteiger partial charge in [0.25, 0.3) is 5.91 Å². The van der Waals surface area contributed by atoms with Gasteiger partial charge in [0.1, 0.15) is 11.6 Å². The number of likely N-dealkylation sites (tertiary alicyclic amines) is 1. The Morgan fingerprint density at radius 1 is 1.10 bits per heavy atom. The Morgan fingerprint density at radius 3 is 2.69 bits per heavy atom. The molecule has 1 aliphatic rings. The van der Waals surface area contributed by atoms with Crippen LogP contribution in [0.5, 0.6) is 5.75 Å². The normalized spacial score (nSPS) is 16.5. The van der Waals surface area contributed by atoms with Crippen molar-refractivity contribution in [2.75, 3.05) is 20.2 Å². The van der Waals surface area contributed by atoms with Crippen molar-refractivity contribution in [2.24, 2.45) is 0 Å². The zero-order chi connectivity index (χ0) is 20.2. The maximum Gasteiger partial charge on any atom is 0.253 e. The van der Waals surface area contributed by atoms with E-state index < -0.39 is 0 Å². The van der Waals surface area contributed by atoms with E-state index in [1.165, 1.54) is 12.1 Å². The summed E-state index contributed by atoms with van der Waals surface area (Å²) >= 11 is 0. The SMILES string of the molecule is COc1cccc(-c2cccc(C3CCCN(C(=O)c4ccc(F)cc4)C3)n2)c1. The Morgan fingerprint density at radius 2 is 1.90 bits per heavy atom. The van der Waals surface area contributed by atoms with Crippen molar-refractivity contribution in [3.63, 3.8) is 0 Å². The summed E-state index contributed by atoms with van der Waals surface area (Å²) < 4.78 is 18.5. The van der Waals surface area contributed by atoms with Crippen LogP contribution in [0.2, 0.25) is 0 Å². The minimum atomic E-state index is -0.336. The number of hydrogen-bond acceptors (Lipinski definition) is 3. The van der Waals surface area contributed by atoms with E-state index in [-0.39, 0.29) is 17.6 Å². The molecule has 1 aromatic heterocycles. The van der Waals surface area contributed by atoms with Gasteiger partial charge in [-0.1, -0.05) is 18.2 Å². The van der Waals surface area contributed by atoms with E-state index in [4.69, 9.17) is 9.72 Å². The molecular weight excluding hydrogens is 367 g/mol. The summed E-state index contributed by atoms with van der Waals surface area (Å²) in [7, 11) is 1.65. The molecule has 0 spiro atoms. The standard InChI is InChI=1S/C24H23FN2O2/c1-29-21-7-2-5-18(15-21)22-8-3-9-23(26-22)19-6-4-14-27(16-19)24(28)17-10-12-20(25)13-11-17/h2-3,5,7-13,15,19H,4,6,14,16H2,1H3. The molecule has 3 aromatic rings. The van der Waals surface area contributed by atoms with Gasteiger partial charge in [-0.05, 0) is 61.4 Å². The molecule has 0 saturated carbocycles. The number of nitrogens with zero attached hydrogens (tertiary/aromatic N) is 2. The molecule has 1 aliphatic heterocycles. The monoisotopic (exact) mass is 390 g/mol. The molecule has 2 aromatic carbocycles. The van der Waals surface area contributed by atoms with E-state index in [1.54, 1.807) is 19.2 Å².